The molecule has 0 saturated heterocycles. The minimum absolute atomic E-state index is 0.316. The van der Waals surface area contributed by atoms with E-state index in [1.54, 1.807) is 0 Å². The highest BCUT2D eigenvalue weighted by Crippen LogP contribution is 2.18. The maximum Gasteiger partial charge on any atom is 0.152 e. The number of hydrogen-bond acceptors (Lipinski definition) is 2. The molecule has 0 aliphatic carbocycles. The molecule has 0 amide bonds. The van der Waals surface area contributed by atoms with E-state index >= 15 is 0 Å². The quantitative estimate of drug-likeness (QED) is 0.655. The molecule has 13 heavy (non-hydrogen) atoms. The lowest BCUT2D eigenvalue weighted by Crippen LogP contribution is -2.46. The van der Waals surface area contributed by atoms with E-state index in [2.05, 4.69) is 13.8 Å². The van der Waals surface area contributed by atoms with E-state index in [1.165, 1.54) is 0 Å². The van der Waals surface area contributed by atoms with Crippen LogP contribution in [-0.2, 0) is 4.79 Å². The van der Waals surface area contributed by atoms with Crippen molar-refractivity contribution in [2.75, 3.05) is 14.1 Å². The zero-order valence-corrected chi connectivity index (χ0v) is 9.85. The largest absolute Gasteiger partial charge is 0.298 e. The third-order valence-corrected chi connectivity index (χ3v) is 3.03. The molecule has 0 aliphatic heterocycles. The molecule has 2 heteroatoms. The Morgan fingerprint density at radius 3 is 2.15 bits per heavy atom. The summed E-state index contributed by atoms with van der Waals surface area (Å²) in [6.45, 7) is 8.22. The van der Waals surface area contributed by atoms with Crippen molar-refractivity contribution in [3.63, 3.8) is 0 Å². The van der Waals surface area contributed by atoms with Crippen LogP contribution in [-0.4, -0.2) is 30.3 Å². The van der Waals surface area contributed by atoms with Gasteiger partial charge < -0.3 is 0 Å². The van der Waals surface area contributed by atoms with Crippen LogP contribution in [0.4, 0.5) is 0 Å². The van der Waals surface area contributed by atoms with Crippen molar-refractivity contribution in [2.45, 2.75) is 46.1 Å². The molecule has 0 N–H and O–H groups in total. The number of nitrogens with zero attached hydrogens (tertiary/aromatic N) is 1. The second-order valence-electron chi connectivity index (χ2n) is 4.59. The van der Waals surface area contributed by atoms with Gasteiger partial charge in [-0.1, -0.05) is 20.3 Å². The molecule has 1 atom stereocenters. The maximum atomic E-state index is 11.8. The molecule has 0 spiro atoms. The van der Waals surface area contributed by atoms with Crippen molar-refractivity contribution < 1.29 is 4.79 Å². The maximum absolute atomic E-state index is 11.8. The Balaban J connectivity index is 4.25. The number of likely N-dealkylation sites (N-methyl/N-ethyl adjacent to an activating group) is 1. The Kier molecular flexibility index (Phi) is 4.62. The summed E-state index contributed by atoms with van der Waals surface area (Å²) in [5.74, 6) is 0.846. The van der Waals surface area contributed by atoms with E-state index in [-0.39, 0.29) is 5.54 Å². The highest BCUT2D eigenvalue weighted by Gasteiger charge is 2.29. The van der Waals surface area contributed by atoms with Gasteiger partial charge in [0.15, 0.2) is 5.78 Å². The van der Waals surface area contributed by atoms with Gasteiger partial charge in [0, 0.05) is 6.42 Å². The van der Waals surface area contributed by atoms with Crippen molar-refractivity contribution >= 4 is 5.78 Å². The molecule has 0 rings (SSSR count). The van der Waals surface area contributed by atoms with Crippen LogP contribution in [0.1, 0.15) is 40.5 Å². The monoisotopic (exact) mass is 185 g/mol. The van der Waals surface area contributed by atoms with Crippen molar-refractivity contribution in [3.05, 3.63) is 0 Å². The van der Waals surface area contributed by atoms with Crippen LogP contribution in [0.2, 0.25) is 0 Å². The molecule has 1 unspecified atom stereocenters. The van der Waals surface area contributed by atoms with Gasteiger partial charge in [0.05, 0.1) is 5.54 Å². The minimum atomic E-state index is -0.316. The van der Waals surface area contributed by atoms with E-state index in [0.29, 0.717) is 18.1 Å². The van der Waals surface area contributed by atoms with E-state index in [4.69, 9.17) is 0 Å². The van der Waals surface area contributed by atoms with E-state index in [0.717, 1.165) is 6.42 Å². The van der Waals surface area contributed by atoms with Crippen molar-refractivity contribution in [1.82, 2.24) is 4.90 Å². The summed E-state index contributed by atoms with van der Waals surface area (Å²) in [6, 6.07) is 0. The van der Waals surface area contributed by atoms with Crippen LogP contribution in [0.25, 0.3) is 0 Å². The van der Waals surface area contributed by atoms with E-state index in [1.807, 2.05) is 32.8 Å². The van der Waals surface area contributed by atoms with Gasteiger partial charge in [0.25, 0.3) is 0 Å². The smallest absolute Gasteiger partial charge is 0.152 e. The first-order chi connectivity index (χ1) is 5.82. The van der Waals surface area contributed by atoms with Crippen LogP contribution in [0.15, 0.2) is 0 Å². The first-order valence-electron chi connectivity index (χ1n) is 5.03. The molecule has 0 bridgehead atoms. The van der Waals surface area contributed by atoms with Gasteiger partial charge >= 0.3 is 0 Å². The van der Waals surface area contributed by atoms with E-state index < -0.39 is 0 Å². The SMILES string of the molecule is CCC(C)CC(=O)C(C)(C)N(C)C. The Morgan fingerprint density at radius 1 is 1.38 bits per heavy atom. The topological polar surface area (TPSA) is 20.3 Å². The molecular weight excluding hydrogens is 162 g/mol. The zero-order valence-electron chi connectivity index (χ0n) is 9.85. The molecule has 0 aromatic rings. The molecular formula is C11H23NO. The Labute approximate surface area is 82.3 Å². The summed E-state index contributed by atoms with van der Waals surface area (Å²) in [5.41, 5.74) is -0.316. The van der Waals surface area contributed by atoms with Crippen LogP contribution in [0.5, 0.6) is 0 Å². The molecule has 78 valence electrons. The first kappa shape index (κ1) is 12.6. The molecule has 0 aliphatic rings. The summed E-state index contributed by atoms with van der Waals surface area (Å²) in [5, 5.41) is 0. The van der Waals surface area contributed by atoms with Crippen LogP contribution >= 0.6 is 0 Å². The molecule has 0 radical (unpaired) electrons. The molecule has 0 aromatic heterocycles. The normalized spacial score (nSPS) is 14.7. The van der Waals surface area contributed by atoms with Gasteiger partial charge in [-0.25, -0.2) is 0 Å². The van der Waals surface area contributed by atoms with Crippen molar-refractivity contribution in [2.24, 2.45) is 5.92 Å². The molecule has 2 nitrogen and oxygen atoms in total. The van der Waals surface area contributed by atoms with Gasteiger partial charge in [0.1, 0.15) is 0 Å². The van der Waals surface area contributed by atoms with Crippen LogP contribution in [0.3, 0.4) is 0 Å². The summed E-state index contributed by atoms with van der Waals surface area (Å²) >= 11 is 0. The van der Waals surface area contributed by atoms with Crippen LogP contribution < -0.4 is 0 Å². The summed E-state index contributed by atoms with van der Waals surface area (Å²) < 4.78 is 0. The zero-order chi connectivity index (χ0) is 10.6. The van der Waals surface area contributed by atoms with E-state index in [9.17, 15) is 4.79 Å². The highest BCUT2D eigenvalue weighted by atomic mass is 16.1. The molecule has 0 fully saturated rings. The number of carbonyl (C=O) groups is 1. The lowest BCUT2D eigenvalue weighted by Gasteiger charge is -2.31. The Hall–Kier alpha value is -0.370. The van der Waals surface area contributed by atoms with Crippen molar-refractivity contribution in [1.29, 1.82) is 0 Å². The van der Waals surface area contributed by atoms with Gasteiger partial charge in [-0.3, -0.25) is 9.69 Å². The third kappa shape index (κ3) is 3.47. The first-order valence-corrected chi connectivity index (χ1v) is 5.03. The van der Waals surface area contributed by atoms with Gasteiger partial charge in [-0.15, -0.1) is 0 Å². The predicted molar refractivity (Wildman–Crippen MR) is 56.8 cm³/mol. The van der Waals surface area contributed by atoms with Gasteiger partial charge in [-0.05, 0) is 33.9 Å². The summed E-state index contributed by atoms with van der Waals surface area (Å²) in [6.07, 6.45) is 1.77. The fraction of sp³-hybridized carbons (Fsp3) is 0.909. The van der Waals surface area contributed by atoms with Gasteiger partial charge in [0.2, 0.25) is 0 Å². The fourth-order valence-electron chi connectivity index (χ4n) is 0.960. The average molecular weight is 185 g/mol. The number of carbonyl (C=O) groups excluding carboxylic acids is 1. The third-order valence-electron chi connectivity index (χ3n) is 3.03. The molecule has 0 heterocycles. The lowest BCUT2D eigenvalue weighted by molar-refractivity contribution is -0.128. The summed E-state index contributed by atoms with van der Waals surface area (Å²) in [7, 11) is 3.91. The second kappa shape index (κ2) is 4.75. The number of hydrogen-bond donors (Lipinski definition) is 0. The lowest BCUT2D eigenvalue weighted by atomic mass is 9.90. The average Bonchev–Trinajstić information content (AvgIpc) is 2.03. The second-order valence-corrected chi connectivity index (χ2v) is 4.59. The van der Waals surface area contributed by atoms with Crippen LogP contribution in [0, 0.1) is 5.92 Å². The fourth-order valence-corrected chi connectivity index (χ4v) is 0.960. The Bertz CT molecular complexity index is 173. The highest BCUT2D eigenvalue weighted by molar-refractivity contribution is 5.87. The number of rotatable bonds is 5. The van der Waals surface area contributed by atoms with Crippen molar-refractivity contribution in [3.8, 4) is 0 Å². The van der Waals surface area contributed by atoms with Gasteiger partial charge in [-0.2, -0.15) is 0 Å². The molecule has 0 saturated carbocycles. The number of ketones is 1. The summed E-state index contributed by atoms with van der Waals surface area (Å²) in [4.78, 5) is 13.8. The number of Topliss-reactive ketones (excluding diaryl/α,β-unsaturated/α-hetero) is 1. The molecule has 0 aromatic carbocycles. The Morgan fingerprint density at radius 2 is 1.85 bits per heavy atom. The predicted octanol–water partition coefficient (Wildman–Crippen LogP) is 2.33. The minimum Gasteiger partial charge on any atom is -0.298 e. The standard InChI is InChI=1S/C11H23NO/c1-7-9(2)8-10(13)11(3,4)12(5)6/h9H,7-8H2,1-6H3.